The van der Waals surface area contributed by atoms with Crippen LogP contribution in [-0.4, -0.2) is 27.4 Å². The molecule has 3 aromatic rings. The molecule has 0 bridgehead atoms. The highest BCUT2D eigenvalue weighted by Crippen LogP contribution is 2.31. The number of halogens is 3. The quantitative estimate of drug-likeness (QED) is 0.313. The molecule has 2 aromatic carbocycles. The number of amides is 1. The molecule has 3 N–H and O–H groups in total. The third-order valence-electron chi connectivity index (χ3n) is 3.68. The fourth-order valence-corrected chi connectivity index (χ4v) is 2.89. The van der Waals surface area contributed by atoms with Gasteiger partial charge in [-0.2, -0.15) is 0 Å². The number of nitro groups is 1. The summed E-state index contributed by atoms with van der Waals surface area (Å²) < 4.78 is 5.30. The Morgan fingerprint density at radius 1 is 1.03 bits per heavy atom. The number of ether oxygens (including phenoxy) is 1. The van der Waals surface area contributed by atoms with Gasteiger partial charge in [-0.15, -0.1) is 0 Å². The van der Waals surface area contributed by atoms with Crippen molar-refractivity contribution < 1.29 is 14.5 Å². The van der Waals surface area contributed by atoms with Gasteiger partial charge in [0, 0.05) is 15.7 Å². The second-order valence-electron chi connectivity index (χ2n) is 5.85. The molecule has 0 aliphatic carbocycles. The van der Waals surface area contributed by atoms with Gasteiger partial charge in [-0.1, -0.05) is 34.8 Å². The smallest absolute Gasteiger partial charge is 0.355 e. The van der Waals surface area contributed by atoms with Crippen molar-refractivity contribution in [3.63, 3.8) is 0 Å². The van der Waals surface area contributed by atoms with Crippen molar-refractivity contribution in [1.29, 1.82) is 0 Å². The van der Waals surface area contributed by atoms with Gasteiger partial charge in [0.1, 0.15) is 12.1 Å². The fourth-order valence-electron chi connectivity index (χ4n) is 2.31. The van der Waals surface area contributed by atoms with Crippen LogP contribution >= 0.6 is 34.8 Å². The number of anilines is 3. The molecule has 0 saturated heterocycles. The molecule has 3 rings (SSSR count). The number of nitrogens with zero attached hydrogens (tertiary/aromatic N) is 3. The first-order chi connectivity index (χ1) is 14.8. The Kier molecular flexibility index (Phi) is 7.29. The number of hydrazine groups is 1. The third kappa shape index (κ3) is 6.07. The molecule has 0 aliphatic rings. The van der Waals surface area contributed by atoms with Gasteiger partial charge in [0.15, 0.2) is 6.61 Å². The van der Waals surface area contributed by atoms with Crippen LogP contribution in [0.1, 0.15) is 0 Å². The minimum atomic E-state index is -0.684. The summed E-state index contributed by atoms with van der Waals surface area (Å²) in [5.74, 6) is -0.688. The first-order valence-electron chi connectivity index (χ1n) is 8.48. The van der Waals surface area contributed by atoms with Crippen molar-refractivity contribution in [2.45, 2.75) is 0 Å². The maximum atomic E-state index is 12.0. The predicted octanol–water partition coefficient (Wildman–Crippen LogP) is 4.61. The normalized spacial score (nSPS) is 10.3. The first-order valence-corrected chi connectivity index (χ1v) is 9.61. The molecule has 0 unspecified atom stereocenters. The Morgan fingerprint density at radius 3 is 2.39 bits per heavy atom. The van der Waals surface area contributed by atoms with Gasteiger partial charge in [-0.25, -0.2) is 9.97 Å². The molecule has 0 aliphatic heterocycles. The SMILES string of the molecule is O=C(COc1ccc(Cl)cc1Cl)NNc1ncnc(Nc2ccc(Cl)cc2)c1[N+](=O)[O-]. The van der Waals surface area contributed by atoms with Crippen LogP contribution in [0, 0.1) is 10.1 Å². The van der Waals surface area contributed by atoms with Crippen molar-refractivity contribution in [3.8, 4) is 5.75 Å². The molecule has 0 radical (unpaired) electrons. The Morgan fingerprint density at radius 2 is 1.71 bits per heavy atom. The van der Waals surface area contributed by atoms with E-state index in [-0.39, 0.29) is 22.4 Å². The lowest BCUT2D eigenvalue weighted by atomic mass is 10.3. The molecule has 10 nitrogen and oxygen atoms in total. The highest BCUT2D eigenvalue weighted by Gasteiger charge is 2.23. The molecule has 0 saturated carbocycles. The molecule has 1 heterocycles. The van der Waals surface area contributed by atoms with Crippen LogP contribution < -0.4 is 20.9 Å². The van der Waals surface area contributed by atoms with Crippen LogP contribution in [0.25, 0.3) is 0 Å². The Hall–Kier alpha value is -3.34. The van der Waals surface area contributed by atoms with E-state index in [2.05, 4.69) is 26.1 Å². The summed E-state index contributed by atoms with van der Waals surface area (Å²) >= 11 is 17.6. The van der Waals surface area contributed by atoms with E-state index in [4.69, 9.17) is 39.5 Å². The average Bonchev–Trinajstić information content (AvgIpc) is 2.73. The summed E-state index contributed by atoms with van der Waals surface area (Å²) in [6.07, 6.45) is 1.10. The van der Waals surface area contributed by atoms with Crippen LogP contribution in [-0.2, 0) is 4.79 Å². The molecular formula is C18H13Cl3N6O4. The first kappa shape index (κ1) is 22.3. The maximum absolute atomic E-state index is 12.0. The zero-order valence-corrected chi connectivity index (χ0v) is 17.7. The van der Waals surface area contributed by atoms with Crippen molar-refractivity contribution >= 4 is 63.7 Å². The number of rotatable bonds is 8. The number of carbonyl (C=O) groups excluding carboxylic acids is 1. The van der Waals surface area contributed by atoms with Crippen molar-refractivity contribution in [2.75, 3.05) is 17.3 Å². The average molecular weight is 484 g/mol. The predicted molar refractivity (Wildman–Crippen MR) is 117 cm³/mol. The van der Waals surface area contributed by atoms with Gasteiger partial charge in [0.05, 0.1) is 9.95 Å². The summed E-state index contributed by atoms with van der Waals surface area (Å²) in [5.41, 5.74) is 4.72. The summed E-state index contributed by atoms with van der Waals surface area (Å²) in [7, 11) is 0. The van der Waals surface area contributed by atoms with Gasteiger partial charge >= 0.3 is 5.69 Å². The van der Waals surface area contributed by atoms with Gasteiger partial charge in [0.2, 0.25) is 11.6 Å². The maximum Gasteiger partial charge on any atom is 0.355 e. The second kappa shape index (κ2) is 10.1. The number of hydrogen-bond acceptors (Lipinski definition) is 8. The van der Waals surface area contributed by atoms with Crippen molar-refractivity contribution in [2.24, 2.45) is 0 Å². The lowest BCUT2D eigenvalue weighted by molar-refractivity contribution is -0.383. The Labute approximate surface area is 190 Å². The summed E-state index contributed by atoms with van der Waals surface area (Å²) in [6, 6.07) is 11.0. The van der Waals surface area contributed by atoms with Crippen LogP contribution in [0.3, 0.4) is 0 Å². The number of benzene rings is 2. The number of hydrogen-bond donors (Lipinski definition) is 3. The zero-order valence-electron chi connectivity index (χ0n) is 15.4. The summed E-state index contributed by atoms with van der Waals surface area (Å²) in [6.45, 7) is -0.414. The lowest BCUT2D eigenvalue weighted by Crippen LogP contribution is -2.34. The lowest BCUT2D eigenvalue weighted by Gasteiger charge is -2.12. The number of nitrogens with one attached hydrogen (secondary N) is 3. The van der Waals surface area contributed by atoms with E-state index in [9.17, 15) is 14.9 Å². The van der Waals surface area contributed by atoms with Gasteiger partial charge in [-0.3, -0.25) is 25.8 Å². The molecule has 160 valence electrons. The van der Waals surface area contributed by atoms with Crippen LogP contribution in [0.15, 0.2) is 48.8 Å². The molecule has 0 spiro atoms. The van der Waals surface area contributed by atoms with E-state index in [1.54, 1.807) is 30.3 Å². The second-order valence-corrected chi connectivity index (χ2v) is 7.13. The van der Waals surface area contributed by atoms with E-state index >= 15 is 0 Å². The van der Waals surface area contributed by atoms with Crippen LogP contribution in [0.2, 0.25) is 15.1 Å². The number of aromatic nitrogens is 2. The van der Waals surface area contributed by atoms with E-state index in [1.165, 1.54) is 12.1 Å². The topological polar surface area (TPSA) is 131 Å². The van der Waals surface area contributed by atoms with Gasteiger partial charge < -0.3 is 10.1 Å². The van der Waals surface area contributed by atoms with Crippen molar-refractivity contribution in [1.82, 2.24) is 15.4 Å². The van der Waals surface area contributed by atoms with Gasteiger partial charge in [0.25, 0.3) is 5.91 Å². The van der Waals surface area contributed by atoms with Crippen LogP contribution in [0.5, 0.6) is 5.75 Å². The Bertz CT molecular complexity index is 1110. The Balaban J connectivity index is 1.67. The molecule has 1 amide bonds. The zero-order chi connectivity index (χ0) is 22.4. The van der Waals surface area contributed by atoms with E-state index in [0.29, 0.717) is 15.7 Å². The summed E-state index contributed by atoms with van der Waals surface area (Å²) in [4.78, 5) is 30.6. The minimum absolute atomic E-state index is 0.0803. The summed E-state index contributed by atoms with van der Waals surface area (Å²) in [5, 5.41) is 15.5. The molecule has 13 heteroatoms. The van der Waals surface area contributed by atoms with E-state index in [0.717, 1.165) is 6.33 Å². The molecule has 31 heavy (non-hydrogen) atoms. The van der Waals surface area contributed by atoms with E-state index in [1.807, 2.05) is 0 Å². The molecule has 1 aromatic heterocycles. The van der Waals surface area contributed by atoms with E-state index < -0.39 is 23.1 Å². The molecule has 0 atom stereocenters. The monoisotopic (exact) mass is 482 g/mol. The highest BCUT2D eigenvalue weighted by molar-refractivity contribution is 6.35. The largest absolute Gasteiger partial charge is 0.482 e. The standard InChI is InChI=1S/C18H13Cl3N6O4/c19-10-1-4-12(5-2-10)24-17-16(27(29)30)18(23-9-22-17)26-25-15(28)8-31-14-6-3-11(20)7-13(14)21/h1-7,9H,8H2,(H,25,28)(H2,22,23,24,26). The molecular weight excluding hydrogens is 471 g/mol. The fraction of sp³-hybridized carbons (Fsp3) is 0.0556. The number of carbonyl (C=O) groups is 1. The minimum Gasteiger partial charge on any atom is -0.482 e. The highest BCUT2D eigenvalue weighted by atomic mass is 35.5. The van der Waals surface area contributed by atoms with Crippen molar-refractivity contribution in [3.05, 3.63) is 74.0 Å². The third-order valence-corrected chi connectivity index (χ3v) is 4.47. The molecule has 0 fully saturated rings. The van der Waals surface area contributed by atoms with Crippen LogP contribution in [0.4, 0.5) is 23.0 Å². The van der Waals surface area contributed by atoms with Gasteiger partial charge in [-0.05, 0) is 42.5 Å².